The second-order valence-electron chi connectivity index (χ2n) is 4.27. The molecule has 3 nitrogen and oxygen atoms in total. The van der Waals surface area contributed by atoms with Gasteiger partial charge in [-0.2, -0.15) is 0 Å². The Kier molecular flexibility index (Phi) is 5.62. The Hall–Kier alpha value is -0.900. The lowest BCUT2D eigenvalue weighted by molar-refractivity contribution is 0.0705. The van der Waals surface area contributed by atoms with Gasteiger partial charge in [0, 0.05) is 29.8 Å². The zero-order valence-electron chi connectivity index (χ0n) is 10.6. The summed E-state index contributed by atoms with van der Waals surface area (Å²) in [7, 11) is 0. The van der Waals surface area contributed by atoms with E-state index in [0.29, 0.717) is 5.56 Å². The number of aromatic nitrogens is 1. The maximum absolute atomic E-state index is 12.4. The Morgan fingerprint density at radius 1 is 1.53 bits per heavy atom. The van der Waals surface area contributed by atoms with E-state index in [4.69, 9.17) is 0 Å². The largest absolute Gasteiger partial charge is 0.336 e. The van der Waals surface area contributed by atoms with Gasteiger partial charge in [0.1, 0.15) is 0 Å². The van der Waals surface area contributed by atoms with Crippen LogP contribution in [0.15, 0.2) is 18.3 Å². The first-order chi connectivity index (χ1) is 8.07. The molecule has 17 heavy (non-hydrogen) atoms. The highest BCUT2D eigenvalue weighted by molar-refractivity contribution is 9.09. The predicted molar refractivity (Wildman–Crippen MR) is 73.6 cm³/mol. The lowest BCUT2D eigenvalue weighted by Gasteiger charge is -2.27. The van der Waals surface area contributed by atoms with Gasteiger partial charge in [0.2, 0.25) is 0 Å². The standard InChI is InChI=1S/C13H19BrN2O/c1-10(2)16(9-5-7-14)13(17)12-6-4-8-15-11(12)3/h4,6,8,10H,5,7,9H2,1-3H3. The van der Waals surface area contributed by atoms with Crippen LogP contribution in [0.25, 0.3) is 0 Å². The third kappa shape index (κ3) is 3.80. The van der Waals surface area contributed by atoms with Gasteiger partial charge < -0.3 is 4.90 Å². The average molecular weight is 299 g/mol. The van der Waals surface area contributed by atoms with Crippen molar-refractivity contribution < 1.29 is 4.79 Å². The van der Waals surface area contributed by atoms with E-state index in [0.717, 1.165) is 24.0 Å². The van der Waals surface area contributed by atoms with Gasteiger partial charge in [-0.3, -0.25) is 9.78 Å². The van der Waals surface area contributed by atoms with Crippen LogP contribution < -0.4 is 0 Å². The maximum Gasteiger partial charge on any atom is 0.255 e. The third-order valence-electron chi connectivity index (χ3n) is 2.65. The van der Waals surface area contributed by atoms with Gasteiger partial charge in [-0.15, -0.1) is 0 Å². The minimum Gasteiger partial charge on any atom is -0.336 e. The van der Waals surface area contributed by atoms with Gasteiger partial charge >= 0.3 is 0 Å². The summed E-state index contributed by atoms with van der Waals surface area (Å²) in [5, 5.41) is 0.912. The number of alkyl halides is 1. The number of hydrogen-bond acceptors (Lipinski definition) is 2. The second kappa shape index (κ2) is 6.74. The minimum atomic E-state index is 0.0755. The molecule has 0 fully saturated rings. The molecule has 0 aliphatic heterocycles. The average Bonchev–Trinajstić information content (AvgIpc) is 2.29. The number of nitrogens with zero attached hydrogens (tertiary/aromatic N) is 2. The predicted octanol–water partition coefficient (Wildman–Crippen LogP) is 3.03. The molecule has 0 atom stereocenters. The van der Waals surface area contributed by atoms with Crippen molar-refractivity contribution >= 4 is 21.8 Å². The molecule has 0 radical (unpaired) electrons. The van der Waals surface area contributed by atoms with Crippen LogP contribution in [0, 0.1) is 6.92 Å². The first kappa shape index (κ1) is 14.2. The number of aryl methyl sites for hydroxylation is 1. The molecule has 1 amide bonds. The minimum absolute atomic E-state index is 0.0755. The zero-order valence-corrected chi connectivity index (χ0v) is 12.2. The summed E-state index contributed by atoms with van der Waals surface area (Å²) in [6.45, 7) is 6.72. The molecule has 94 valence electrons. The van der Waals surface area contributed by atoms with Crippen LogP contribution in [0.5, 0.6) is 0 Å². The Morgan fingerprint density at radius 3 is 2.76 bits per heavy atom. The zero-order chi connectivity index (χ0) is 12.8. The van der Waals surface area contributed by atoms with Crippen LogP contribution in [0.1, 0.15) is 36.3 Å². The third-order valence-corrected chi connectivity index (χ3v) is 3.21. The smallest absolute Gasteiger partial charge is 0.255 e. The van der Waals surface area contributed by atoms with Gasteiger partial charge in [-0.25, -0.2) is 0 Å². The summed E-state index contributed by atoms with van der Waals surface area (Å²) >= 11 is 3.40. The summed E-state index contributed by atoms with van der Waals surface area (Å²) in [5.41, 5.74) is 1.50. The normalized spacial score (nSPS) is 10.6. The van der Waals surface area contributed by atoms with Crippen molar-refractivity contribution in [2.75, 3.05) is 11.9 Å². The molecule has 0 unspecified atom stereocenters. The molecular formula is C13H19BrN2O. The number of rotatable bonds is 5. The molecule has 4 heteroatoms. The fourth-order valence-corrected chi connectivity index (χ4v) is 1.94. The maximum atomic E-state index is 12.4. The number of carbonyl (C=O) groups excluding carboxylic acids is 1. The molecule has 0 saturated carbocycles. The van der Waals surface area contributed by atoms with E-state index >= 15 is 0 Å². The molecule has 1 heterocycles. The van der Waals surface area contributed by atoms with E-state index in [1.807, 2.05) is 37.8 Å². The van der Waals surface area contributed by atoms with Crippen molar-refractivity contribution in [1.82, 2.24) is 9.88 Å². The molecule has 0 bridgehead atoms. The number of pyridine rings is 1. The molecule has 0 spiro atoms. The van der Waals surface area contributed by atoms with Crippen molar-refractivity contribution in [2.45, 2.75) is 33.2 Å². The van der Waals surface area contributed by atoms with Gasteiger partial charge in [0.25, 0.3) is 5.91 Å². The highest BCUT2D eigenvalue weighted by Crippen LogP contribution is 2.11. The number of halogens is 1. The highest BCUT2D eigenvalue weighted by atomic mass is 79.9. The van der Waals surface area contributed by atoms with Crippen molar-refractivity contribution in [2.24, 2.45) is 0 Å². The van der Waals surface area contributed by atoms with Crippen LogP contribution in [-0.2, 0) is 0 Å². The Labute approximate surface area is 111 Å². The van der Waals surface area contributed by atoms with Crippen LogP contribution >= 0.6 is 15.9 Å². The second-order valence-corrected chi connectivity index (χ2v) is 5.06. The van der Waals surface area contributed by atoms with Crippen LogP contribution in [-0.4, -0.2) is 33.7 Å². The first-order valence-electron chi connectivity index (χ1n) is 5.86. The van der Waals surface area contributed by atoms with Gasteiger partial charge in [-0.05, 0) is 39.3 Å². The molecule has 0 N–H and O–H groups in total. The van der Waals surface area contributed by atoms with Crippen molar-refractivity contribution in [3.05, 3.63) is 29.6 Å². The Morgan fingerprint density at radius 2 is 2.24 bits per heavy atom. The number of amides is 1. The van der Waals surface area contributed by atoms with Crippen LogP contribution in [0.3, 0.4) is 0 Å². The molecule has 0 aromatic carbocycles. The van der Waals surface area contributed by atoms with Crippen molar-refractivity contribution in [3.8, 4) is 0 Å². The molecule has 0 aliphatic rings. The van der Waals surface area contributed by atoms with Gasteiger partial charge in [0.15, 0.2) is 0 Å². The van der Waals surface area contributed by atoms with Gasteiger partial charge in [-0.1, -0.05) is 15.9 Å². The van der Waals surface area contributed by atoms with Crippen molar-refractivity contribution in [3.63, 3.8) is 0 Å². The van der Waals surface area contributed by atoms with E-state index < -0.39 is 0 Å². The van der Waals surface area contributed by atoms with E-state index in [-0.39, 0.29) is 11.9 Å². The lowest BCUT2D eigenvalue weighted by atomic mass is 10.1. The Bertz CT molecular complexity index is 379. The highest BCUT2D eigenvalue weighted by Gasteiger charge is 2.19. The Balaban J connectivity index is 2.88. The molecular weight excluding hydrogens is 280 g/mol. The van der Waals surface area contributed by atoms with Gasteiger partial charge in [0.05, 0.1) is 5.56 Å². The molecule has 1 aromatic heterocycles. The number of hydrogen-bond donors (Lipinski definition) is 0. The summed E-state index contributed by atoms with van der Waals surface area (Å²) in [6, 6.07) is 3.86. The topological polar surface area (TPSA) is 33.2 Å². The van der Waals surface area contributed by atoms with Crippen LogP contribution in [0.2, 0.25) is 0 Å². The molecule has 1 aromatic rings. The fraction of sp³-hybridized carbons (Fsp3) is 0.538. The van der Waals surface area contributed by atoms with Crippen LogP contribution in [0.4, 0.5) is 0 Å². The first-order valence-corrected chi connectivity index (χ1v) is 6.98. The molecule has 0 saturated heterocycles. The summed E-state index contributed by atoms with van der Waals surface area (Å²) in [6.07, 6.45) is 2.67. The summed E-state index contributed by atoms with van der Waals surface area (Å²) < 4.78 is 0. The number of carbonyl (C=O) groups is 1. The molecule has 1 rings (SSSR count). The van der Waals surface area contributed by atoms with E-state index in [1.165, 1.54) is 0 Å². The SMILES string of the molecule is Cc1ncccc1C(=O)N(CCCBr)C(C)C. The fourth-order valence-electron chi connectivity index (χ4n) is 1.69. The van der Waals surface area contributed by atoms with E-state index in [1.54, 1.807) is 6.20 Å². The van der Waals surface area contributed by atoms with E-state index in [9.17, 15) is 4.79 Å². The summed E-state index contributed by atoms with van der Waals surface area (Å²) in [5.74, 6) is 0.0755. The van der Waals surface area contributed by atoms with E-state index in [2.05, 4.69) is 20.9 Å². The quantitative estimate of drug-likeness (QED) is 0.783. The lowest BCUT2D eigenvalue weighted by Crippen LogP contribution is -2.38. The molecule has 0 aliphatic carbocycles. The summed E-state index contributed by atoms with van der Waals surface area (Å²) in [4.78, 5) is 18.4. The van der Waals surface area contributed by atoms with Crippen molar-refractivity contribution in [1.29, 1.82) is 0 Å². The monoisotopic (exact) mass is 298 g/mol.